The van der Waals surface area contributed by atoms with E-state index in [2.05, 4.69) is 0 Å². The van der Waals surface area contributed by atoms with Gasteiger partial charge in [-0.2, -0.15) is 0 Å². The van der Waals surface area contributed by atoms with E-state index in [9.17, 15) is 9.59 Å². The van der Waals surface area contributed by atoms with Gasteiger partial charge in [0.25, 0.3) is 0 Å². The molecule has 0 amide bonds. The lowest BCUT2D eigenvalue weighted by atomic mass is 10.0. The summed E-state index contributed by atoms with van der Waals surface area (Å²) in [6, 6.07) is 0. The third-order valence-electron chi connectivity index (χ3n) is 2.15. The van der Waals surface area contributed by atoms with Crippen molar-refractivity contribution in [2.75, 3.05) is 26.4 Å². The van der Waals surface area contributed by atoms with Crippen LogP contribution >= 0.6 is 0 Å². The van der Waals surface area contributed by atoms with Crippen LogP contribution in [-0.2, 0) is 23.8 Å². The molecule has 1 atom stereocenters. The molecule has 0 N–H and O–H groups in total. The molecule has 5 nitrogen and oxygen atoms in total. The molecule has 0 spiro atoms. The zero-order chi connectivity index (χ0) is 13.1. The van der Waals surface area contributed by atoms with E-state index in [1.807, 2.05) is 6.92 Å². The smallest absolute Gasteiger partial charge is 0.309 e. The van der Waals surface area contributed by atoms with Crippen molar-refractivity contribution in [2.24, 2.45) is 5.92 Å². The molecule has 0 aromatic rings. The van der Waals surface area contributed by atoms with E-state index in [-0.39, 0.29) is 18.4 Å². The van der Waals surface area contributed by atoms with Crippen LogP contribution < -0.4 is 0 Å². The Labute approximate surface area is 102 Å². The predicted octanol–water partition coefficient (Wildman–Crippen LogP) is 1.55. The second-order valence-corrected chi connectivity index (χ2v) is 3.44. The number of carbonyl (C=O) groups is 2. The Bertz CT molecular complexity index is 227. The van der Waals surface area contributed by atoms with Crippen LogP contribution in [0, 0.1) is 5.92 Å². The highest BCUT2D eigenvalue weighted by Crippen LogP contribution is 2.12. The molecular formula is C12H22O5. The monoisotopic (exact) mass is 246 g/mol. The maximum absolute atomic E-state index is 11.6. The van der Waals surface area contributed by atoms with Crippen LogP contribution in [0.5, 0.6) is 0 Å². The molecule has 0 radical (unpaired) electrons. The summed E-state index contributed by atoms with van der Waals surface area (Å²) in [5, 5.41) is 0. The number of carbonyl (C=O) groups excluding carboxylic acids is 2. The summed E-state index contributed by atoms with van der Waals surface area (Å²) < 4.78 is 14.9. The molecule has 0 saturated carbocycles. The average molecular weight is 246 g/mol. The number of hydrogen-bond acceptors (Lipinski definition) is 5. The lowest BCUT2D eigenvalue weighted by molar-refractivity contribution is -0.155. The van der Waals surface area contributed by atoms with E-state index in [1.165, 1.54) is 0 Å². The van der Waals surface area contributed by atoms with Gasteiger partial charge in [-0.15, -0.1) is 0 Å². The Morgan fingerprint density at radius 1 is 1.00 bits per heavy atom. The van der Waals surface area contributed by atoms with Crippen molar-refractivity contribution in [3.8, 4) is 0 Å². The van der Waals surface area contributed by atoms with Gasteiger partial charge in [0.05, 0.1) is 25.6 Å². The molecule has 100 valence electrons. The summed E-state index contributed by atoms with van der Waals surface area (Å²) >= 11 is 0. The molecule has 0 aliphatic heterocycles. The fraction of sp³-hybridized carbons (Fsp3) is 0.833. The number of esters is 2. The van der Waals surface area contributed by atoms with Crippen LogP contribution in [0.15, 0.2) is 0 Å². The van der Waals surface area contributed by atoms with E-state index in [1.54, 1.807) is 13.8 Å². The van der Waals surface area contributed by atoms with Gasteiger partial charge in [0.2, 0.25) is 0 Å². The molecule has 0 aromatic carbocycles. The van der Waals surface area contributed by atoms with E-state index in [0.29, 0.717) is 32.8 Å². The first-order chi connectivity index (χ1) is 8.15. The third kappa shape index (κ3) is 7.74. The second-order valence-electron chi connectivity index (χ2n) is 3.44. The number of ether oxygens (including phenoxy) is 3. The van der Waals surface area contributed by atoms with Crippen LogP contribution in [0.25, 0.3) is 0 Å². The quantitative estimate of drug-likeness (QED) is 0.456. The summed E-state index contributed by atoms with van der Waals surface area (Å²) in [5.74, 6) is -1.21. The maximum Gasteiger partial charge on any atom is 0.309 e. The Kier molecular flexibility index (Phi) is 9.43. The van der Waals surface area contributed by atoms with Crippen LogP contribution in [0.4, 0.5) is 0 Å². The predicted molar refractivity (Wildman–Crippen MR) is 62.5 cm³/mol. The normalized spacial score (nSPS) is 11.9. The highest BCUT2D eigenvalue weighted by Gasteiger charge is 2.23. The van der Waals surface area contributed by atoms with E-state index in [0.717, 1.165) is 0 Å². The van der Waals surface area contributed by atoms with Gasteiger partial charge < -0.3 is 14.2 Å². The van der Waals surface area contributed by atoms with Gasteiger partial charge in [0.15, 0.2) is 0 Å². The molecule has 0 bridgehead atoms. The average Bonchev–Trinajstić information content (AvgIpc) is 2.28. The van der Waals surface area contributed by atoms with Gasteiger partial charge in [-0.1, -0.05) is 0 Å². The zero-order valence-corrected chi connectivity index (χ0v) is 10.9. The summed E-state index contributed by atoms with van der Waals surface area (Å²) in [6.07, 6.45) is 0.533. The van der Waals surface area contributed by atoms with Gasteiger partial charge in [0.1, 0.15) is 0 Å². The van der Waals surface area contributed by atoms with Gasteiger partial charge in [-0.25, -0.2) is 0 Å². The molecular weight excluding hydrogens is 224 g/mol. The molecule has 0 saturated heterocycles. The van der Waals surface area contributed by atoms with Crippen molar-refractivity contribution >= 4 is 11.9 Å². The fourth-order valence-electron chi connectivity index (χ4n) is 1.35. The topological polar surface area (TPSA) is 61.8 Å². The minimum absolute atomic E-state index is 0.0553. The summed E-state index contributed by atoms with van der Waals surface area (Å²) in [7, 11) is 0. The first-order valence-corrected chi connectivity index (χ1v) is 6.05. The summed E-state index contributed by atoms with van der Waals surface area (Å²) in [4.78, 5) is 22.9. The zero-order valence-electron chi connectivity index (χ0n) is 10.9. The van der Waals surface area contributed by atoms with Gasteiger partial charge in [-0.05, 0) is 27.2 Å². The first kappa shape index (κ1) is 15.9. The largest absolute Gasteiger partial charge is 0.466 e. The highest BCUT2D eigenvalue weighted by molar-refractivity contribution is 5.79. The van der Waals surface area contributed by atoms with E-state index < -0.39 is 5.92 Å². The molecule has 0 fully saturated rings. The summed E-state index contributed by atoms with van der Waals surface area (Å²) in [6.45, 7) is 7.02. The first-order valence-electron chi connectivity index (χ1n) is 6.05. The van der Waals surface area contributed by atoms with Crippen LogP contribution in [-0.4, -0.2) is 38.4 Å². The Hall–Kier alpha value is -1.10. The maximum atomic E-state index is 11.6. The molecule has 0 rings (SSSR count). The van der Waals surface area contributed by atoms with Gasteiger partial charge >= 0.3 is 11.9 Å². The van der Waals surface area contributed by atoms with Crippen LogP contribution in [0.2, 0.25) is 0 Å². The Balaban J connectivity index is 4.18. The lowest BCUT2D eigenvalue weighted by Crippen LogP contribution is -2.23. The minimum Gasteiger partial charge on any atom is -0.466 e. The minimum atomic E-state index is -0.472. The van der Waals surface area contributed by atoms with Crippen LogP contribution in [0.3, 0.4) is 0 Å². The van der Waals surface area contributed by atoms with E-state index in [4.69, 9.17) is 14.2 Å². The molecule has 0 aliphatic carbocycles. The lowest BCUT2D eigenvalue weighted by Gasteiger charge is -2.14. The summed E-state index contributed by atoms with van der Waals surface area (Å²) in [5.41, 5.74) is 0. The third-order valence-corrected chi connectivity index (χ3v) is 2.15. The van der Waals surface area contributed by atoms with Crippen molar-refractivity contribution in [1.82, 2.24) is 0 Å². The molecule has 1 unspecified atom stereocenters. The van der Waals surface area contributed by atoms with Crippen molar-refractivity contribution in [3.05, 3.63) is 0 Å². The Morgan fingerprint density at radius 3 is 2.18 bits per heavy atom. The highest BCUT2D eigenvalue weighted by atomic mass is 16.5. The van der Waals surface area contributed by atoms with Crippen molar-refractivity contribution in [3.63, 3.8) is 0 Å². The van der Waals surface area contributed by atoms with Gasteiger partial charge in [0, 0.05) is 13.2 Å². The SMILES string of the molecule is CCOCCC(CC(=O)OCC)C(=O)OCC. The molecule has 0 aliphatic rings. The van der Waals surface area contributed by atoms with Gasteiger partial charge in [-0.3, -0.25) is 9.59 Å². The fourth-order valence-corrected chi connectivity index (χ4v) is 1.35. The number of hydrogen-bond donors (Lipinski definition) is 0. The van der Waals surface area contributed by atoms with Crippen molar-refractivity contribution in [1.29, 1.82) is 0 Å². The van der Waals surface area contributed by atoms with Crippen molar-refractivity contribution < 1.29 is 23.8 Å². The van der Waals surface area contributed by atoms with Crippen molar-refractivity contribution in [2.45, 2.75) is 33.6 Å². The molecule has 5 heteroatoms. The molecule has 17 heavy (non-hydrogen) atoms. The number of rotatable bonds is 9. The van der Waals surface area contributed by atoms with Crippen LogP contribution in [0.1, 0.15) is 33.6 Å². The second kappa shape index (κ2) is 10.1. The van der Waals surface area contributed by atoms with E-state index >= 15 is 0 Å². The Morgan fingerprint density at radius 2 is 1.65 bits per heavy atom. The molecule has 0 heterocycles. The molecule has 0 aromatic heterocycles. The standard InChI is InChI=1S/C12H22O5/c1-4-15-8-7-10(12(14)17-6-3)9-11(13)16-5-2/h10H,4-9H2,1-3H3.